The molecule has 2 aromatic rings. The second-order valence-electron chi connectivity index (χ2n) is 5.36. The van der Waals surface area contributed by atoms with Crippen molar-refractivity contribution >= 4 is 11.7 Å². The number of hydrogen-bond donors (Lipinski definition) is 1. The van der Waals surface area contributed by atoms with Crippen molar-refractivity contribution in [2.45, 2.75) is 19.1 Å². The molecule has 0 spiro atoms. The lowest BCUT2D eigenvalue weighted by Crippen LogP contribution is -2.39. The van der Waals surface area contributed by atoms with E-state index in [2.05, 4.69) is 0 Å². The molecule has 0 aromatic heterocycles. The largest absolute Gasteiger partial charge is 0.497 e. The van der Waals surface area contributed by atoms with Gasteiger partial charge >= 0.3 is 5.97 Å². The number of aliphatic hydroxyl groups is 1. The summed E-state index contributed by atoms with van der Waals surface area (Å²) in [6.07, 6.45) is -1.29. The van der Waals surface area contributed by atoms with Gasteiger partial charge in [-0.3, -0.25) is 0 Å². The van der Waals surface area contributed by atoms with Crippen molar-refractivity contribution in [3.8, 4) is 5.75 Å². The van der Waals surface area contributed by atoms with Gasteiger partial charge in [0, 0.05) is 12.7 Å². The van der Waals surface area contributed by atoms with Gasteiger partial charge in [0.25, 0.3) is 0 Å². The summed E-state index contributed by atoms with van der Waals surface area (Å²) in [5, 5.41) is 10.6. The Morgan fingerprint density at radius 2 is 1.75 bits per heavy atom. The van der Waals surface area contributed by atoms with Crippen molar-refractivity contribution < 1.29 is 19.4 Å². The molecule has 0 radical (unpaired) electrons. The molecule has 0 fully saturated rings. The minimum absolute atomic E-state index is 0.226. The minimum Gasteiger partial charge on any atom is -0.497 e. The standard InChI is InChI=1S/C19H23NO4/c1-4-24-19(22)18(21)17(14-8-6-5-7-9-14)20(2)15-10-12-16(23-3)13-11-15/h5-13,17-18,21H,4H2,1-3H3. The Morgan fingerprint density at radius 3 is 2.29 bits per heavy atom. The predicted octanol–water partition coefficient (Wildman–Crippen LogP) is 2.80. The molecule has 1 N–H and O–H groups in total. The lowest BCUT2D eigenvalue weighted by Gasteiger charge is -2.33. The van der Waals surface area contributed by atoms with Gasteiger partial charge in [-0.25, -0.2) is 4.79 Å². The first-order valence-electron chi connectivity index (χ1n) is 7.85. The van der Waals surface area contributed by atoms with Crippen molar-refractivity contribution in [3.63, 3.8) is 0 Å². The van der Waals surface area contributed by atoms with E-state index in [9.17, 15) is 9.90 Å². The van der Waals surface area contributed by atoms with Crippen LogP contribution in [0.3, 0.4) is 0 Å². The van der Waals surface area contributed by atoms with Crippen LogP contribution in [0.2, 0.25) is 0 Å². The van der Waals surface area contributed by atoms with Gasteiger partial charge in [0.05, 0.1) is 19.8 Å². The third-order valence-corrected chi connectivity index (χ3v) is 3.87. The average molecular weight is 329 g/mol. The van der Waals surface area contributed by atoms with Gasteiger partial charge in [-0.05, 0) is 36.8 Å². The average Bonchev–Trinajstić information content (AvgIpc) is 2.63. The maximum atomic E-state index is 12.1. The number of rotatable bonds is 7. The van der Waals surface area contributed by atoms with Crippen molar-refractivity contribution in [1.29, 1.82) is 0 Å². The van der Waals surface area contributed by atoms with Crippen molar-refractivity contribution in [2.24, 2.45) is 0 Å². The molecule has 128 valence electrons. The van der Waals surface area contributed by atoms with Crippen molar-refractivity contribution in [2.75, 3.05) is 25.7 Å². The molecular weight excluding hydrogens is 306 g/mol. The zero-order chi connectivity index (χ0) is 17.5. The lowest BCUT2D eigenvalue weighted by atomic mass is 9.99. The van der Waals surface area contributed by atoms with Crippen molar-refractivity contribution in [3.05, 3.63) is 60.2 Å². The first-order valence-corrected chi connectivity index (χ1v) is 7.85. The van der Waals surface area contributed by atoms with Gasteiger partial charge in [0.2, 0.25) is 0 Å². The molecule has 0 aliphatic heterocycles. The van der Waals surface area contributed by atoms with Gasteiger partial charge in [-0.15, -0.1) is 0 Å². The Balaban J connectivity index is 2.35. The Bertz CT molecular complexity index is 642. The molecule has 2 aromatic carbocycles. The van der Waals surface area contributed by atoms with Crippen LogP contribution in [-0.2, 0) is 9.53 Å². The topological polar surface area (TPSA) is 59.0 Å². The quantitative estimate of drug-likeness (QED) is 0.792. The van der Waals surface area contributed by atoms with Gasteiger partial charge in [0.15, 0.2) is 6.10 Å². The molecule has 0 amide bonds. The smallest absolute Gasteiger partial charge is 0.337 e. The van der Waals surface area contributed by atoms with Crippen LogP contribution in [0, 0.1) is 0 Å². The predicted molar refractivity (Wildman–Crippen MR) is 93.2 cm³/mol. The Hall–Kier alpha value is -2.53. The summed E-state index contributed by atoms with van der Waals surface area (Å²) in [7, 11) is 3.44. The molecule has 0 aliphatic rings. The number of carbonyl (C=O) groups excluding carboxylic acids is 1. The van der Waals surface area contributed by atoms with Crippen LogP contribution in [0.15, 0.2) is 54.6 Å². The van der Waals surface area contributed by atoms with E-state index in [1.807, 2.05) is 66.5 Å². The van der Waals surface area contributed by atoms with Crippen LogP contribution in [-0.4, -0.2) is 37.9 Å². The number of hydrogen-bond acceptors (Lipinski definition) is 5. The lowest BCUT2D eigenvalue weighted by molar-refractivity contribution is -0.154. The first kappa shape index (κ1) is 17.8. The molecule has 0 saturated carbocycles. The number of methoxy groups -OCH3 is 1. The number of aliphatic hydroxyl groups excluding tert-OH is 1. The highest BCUT2D eigenvalue weighted by molar-refractivity contribution is 5.76. The SMILES string of the molecule is CCOC(=O)C(O)C(c1ccccc1)N(C)c1ccc(OC)cc1. The molecule has 24 heavy (non-hydrogen) atoms. The summed E-state index contributed by atoms with van der Waals surface area (Å²) in [5.41, 5.74) is 1.68. The van der Waals surface area contributed by atoms with Crippen LogP contribution in [0.25, 0.3) is 0 Å². The zero-order valence-electron chi connectivity index (χ0n) is 14.2. The second-order valence-corrected chi connectivity index (χ2v) is 5.36. The fourth-order valence-corrected chi connectivity index (χ4v) is 2.60. The number of esters is 1. The maximum Gasteiger partial charge on any atom is 0.337 e. The fourth-order valence-electron chi connectivity index (χ4n) is 2.60. The molecule has 0 saturated heterocycles. The van der Waals surface area contributed by atoms with Gasteiger partial charge in [0.1, 0.15) is 5.75 Å². The second kappa shape index (κ2) is 8.36. The third kappa shape index (κ3) is 4.06. The highest BCUT2D eigenvalue weighted by atomic mass is 16.5. The van der Waals surface area contributed by atoms with E-state index in [1.54, 1.807) is 14.0 Å². The molecular formula is C19H23NO4. The van der Waals surface area contributed by atoms with E-state index in [0.717, 1.165) is 17.0 Å². The van der Waals surface area contributed by atoms with Crippen LogP contribution < -0.4 is 9.64 Å². The normalized spacial score (nSPS) is 13.0. The Labute approximate surface area is 142 Å². The summed E-state index contributed by atoms with van der Waals surface area (Å²) in [4.78, 5) is 13.9. The maximum absolute atomic E-state index is 12.1. The Morgan fingerprint density at radius 1 is 1.12 bits per heavy atom. The van der Waals surface area contributed by atoms with Gasteiger partial charge in [-0.2, -0.15) is 0 Å². The summed E-state index contributed by atoms with van der Waals surface area (Å²) in [6, 6.07) is 16.3. The summed E-state index contributed by atoms with van der Waals surface area (Å²) in [6.45, 7) is 1.94. The molecule has 2 rings (SSSR count). The molecule has 5 nitrogen and oxygen atoms in total. The number of anilines is 1. The van der Waals surface area contributed by atoms with E-state index in [-0.39, 0.29) is 6.61 Å². The van der Waals surface area contributed by atoms with Gasteiger partial charge in [-0.1, -0.05) is 30.3 Å². The summed E-state index contributed by atoms with van der Waals surface area (Å²) in [5.74, 6) is 0.112. The molecule has 5 heteroatoms. The van der Waals surface area contributed by atoms with E-state index < -0.39 is 18.1 Å². The van der Waals surface area contributed by atoms with Crippen molar-refractivity contribution in [1.82, 2.24) is 0 Å². The van der Waals surface area contributed by atoms with E-state index in [0.29, 0.717) is 0 Å². The number of benzene rings is 2. The minimum atomic E-state index is -1.29. The molecule has 0 heterocycles. The first-order chi connectivity index (χ1) is 11.6. The van der Waals surface area contributed by atoms with Crippen LogP contribution >= 0.6 is 0 Å². The van der Waals surface area contributed by atoms with Crippen LogP contribution in [0.4, 0.5) is 5.69 Å². The van der Waals surface area contributed by atoms with E-state index in [1.165, 1.54) is 0 Å². The zero-order valence-corrected chi connectivity index (χ0v) is 14.2. The van der Waals surface area contributed by atoms with E-state index in [4.69, 9.17) is 9.47 Å². The monoisotopic (exact) mass is 329 g/mol. The number of nitrogens with zero attached hydrogens (tertiary/aromatic N) is 1. The van der Waals surface area contributed by atoms with Gasteiger partial charge < -0.3 is 19.5 Å². The number of likely N-dealkylation sites (N-methyl/N-ethyl adjacent to an activating group) is 1. The third-order valence-electron chi connectivity index (χ3n) is 3.87. The highest BCUT2D eigenvalue weighted by Crippen LogP contribution is 2.30. The summed E-state index contributed by atoms with van der Waals surface area (Å²) >= 11 is 0. The van der Waals surface area contributed by atoms with Crippen LogP contribution in [0.1, 0.15) is 18.5 Å². The Kier molecular flexibility index (Phi) is 6.21. The fraction of sp³-hybridized carbons (Fsp3) is 0.316. The number of carbonyl (C=O) groups is 1. The molecule has 2 atom stereocenters. The summed E-state index contributed by atoms with van der Waals surface area (Å²) < 4.78 is 10.2. The molecule has 0 bridgehead atoms. The highest BCUT2D eigenvalue weighted by Gasteiger charge is 2.32. The van der Waals surface area contributed by atoms with E-state index >= 15 is 0 Å². The number of ether oxygens (including phenoxy) is 2. The molecule has 2 unspecified atom stereocenters. The molecule has 0 aliphatic carbocycles. The van der Waals surface area contributed by atoms with Crippen LogP contribution in [0.5, 0.6) is 5.75 Å².